The van der Waals surface area contributed by atoms with Crippen molar-refractivity contribution in [1.82, 2.24) is 15.2 Å². The van der Waals surface area contributed by atoms with Crippen molar-refractivity contribution in [1.29, 1.82) is 0 Å². The third-order valence-electron chi connectivity index (χ3n) is 3.78. The van der Waals surface area contributed by atoms with Crippen molar-refractivity contribution >= 4 is 29.2 Å². The zero-order chi connectivity index (χ0) is 16.3. The second-order valence-electron chi connectivity index (χ2n) is 5.28. The van der Waals surface area contributed by atoms with Crippen LogP contribution in [0.5, 0.6) is 0 Å². The number of hydrogen-bond donors (Lipinski definition) is 2. The molecule has 0 saturated carbocycles. The lowest BCUT2D eigenvalue weighted by molar-refractivity contribution is 0.731. The zero-order valence-corrected chi connectivity index (χ0v) is 14.4. The number of hydrazone groups is 1. The summed E-state index contributed by atoms with van der Waals surface area (Å²) < 4.78 is 1.84. The van der Waals surface area contributed by atoms with Gasteiger partial charge in [0.25, 0.3) is 0 Å². The highest BCUT2D eigenvalue weighted by molar-refractivity contribution is 7.80. The van der Waals surface area contributed by atoms with Gasteiger partial charge in [-0.2, -0.15) is 10.2 Å². The monoisotopic (exact) mass is 315 g/mol. The Morgan fingerprint density at radius 3 is 2.64 bits per heavy atom. The van der Waals surface area contributed by atoms with E-state index < -0.39 is 0 Å². The zero-order valence-electron chi connectivity index (χ0n) is 13.6. The van der Waals surface area contributed by atoms with Crippen molar-refractivity contribution < 1.29 is 0 Å². The maximum atomic E-state index is 5.27. The van der Waals surface area contributed by atoms with Crippen molar-refractivity contribution in [2.24, 2.45) is 12.1 Å². The Balaban J connectivity index is 2.01. The fraction of sp³-hybridized carbons (Fsp3) is 0.312. The summed E-state index contributed by atoms with van der Waals surface area (Å²) in [7, 11) is 1.92. The molecule has 0 saturated heterocycles. The van der Waals surface area contributed by atoms with Crippen LogP contribution in [0.15, 0.2) is 23.3 Å². The molecule has 0 amide bonds. The van der Waals surface area contributed by atoms with E-state index >= 15 is 0 Å². The van der Waals surface area contributed by atoms with Crippen LogP contribution in [0, 0.1) is 27.7 Å². The van der Waals surface area contributed by atoms with Gasteiger partial charge in [-0.1, -0.05) is 12.1 Å². The number of aryl methyl sites for hydroxylation is 3. The highest BCUT2D eigenvalue weighted by Crippen LogP contribution is 2.17. The predicted molar refractivity (Wildman–Crippen MR) is 95.5 cm³/mol. The standard InChI is InChI=1S/C16H21N5S/c1-10-7-6-8-15(11(10)2)18-16(22)19-17-9-14-12(3)20-21(5)13(14)4/h6-9H,1-5H3,(H2,18,19,22)/b17-9-. The Bertz CT molecular complexity index is 730. The smallest absolute Gasteiger partial charge is 0.191 e. The molecule has 22 heavy (non-hydrogen) atoms. The molecule has 0 spiro atoms. The van der Waals surface area contributed by atoms with Gasteiger partial charge in [0.2, 0.25) is 0 Å². The highest BCUT2D eigenvalue weighted by Gasteiger charge is 2.06. The summed E-state index contributed by atoms with van der Waals surface area (Å²) in [5, 5.41) is 12.2. The first-order chi connectivity index (χ1) is 10.4. The van der Waals surface area contributed by atoms with Gasteiger partial charge >= 0.3 is 0 Å². The van der Waals surface area contributed by atoms with Crippen LogP contribution in [0.25, 0.3) is 0 Å². The van der Waals surface area contributed by atoms with Crippen molar-refractivity contribution in [3.63, 3.8) is 0 Å². The molecule has 0 aliphatic carbocycles. The Morgan fingerprint density at radius 2 is 2.00 bits per heavy atom. The highest BCUT2D eigenvalue weighted by atomic mass is 32.1. The van der Waals surface area contributed by atoms with E-state index in [9.17, 15) is 0 Å². The molecule has 2 N–H and O–H groups in total. The molecule has 116 valence electrons. The molecular weight excluding hydrogens is 294 g/mol. The van der Waals surface area contributed by atoms with Gasteiger partial charge in [-0.25, -0.2) is 0 Å². The molecule has 0 atom stereocenters. The number of rotatable bonds is 3. The minimum Gasteiger partial charge on any atom is -0.331 e. The fourth-order valence-corrected chi connectivity index (χ4v) is 2.33. The molecule has 6 heteroatoms. The van der Waals surface area contributed by atoms with Crippen LogP contribution in [0.4, 0.5) is 5.69 Å². The number of benzene rings is 1. The molecule has 0 radical (unpaired) electrons. The second-order valence-corrected chi connectivity index (χ2v) is 5.69. The van der Waals surface area contributed by atoms with Crippen LogP contribution in [0.2, 0.25) is 0 Å². The second kappa shape index (κ2) is 6.70. The van der Waals surface area contributed by atoms with Crippen LogP contribution in [0.1, 0.15) is 28.1 Å². The summed E-state index contributed by atoms with van der Waals surface area (Å²) >= 11 is 5.27. The minimum atomic E-state index is 0.462. The summed E-state index contributed by atoms with van der Waals surface area (Å²) in [5.74, 6) is 0. The Morgan fingerprint density at radius 1 is 1.27 bits per heavy atom. The van der Waals surface area contributed by atoms with E-state index in [1.807, 2.05) is 37.7 Å². The van der Waals surface area contributed by atoms with Gasteiger partial charge < -0.3 is 5.32 Å². The average Bonchev–Trinajstić information content (AvgIpc) is 2.70. The Kier molecular flexibility index (Phi) is 4.92. The molecule has 0 unspecified atom stereocenters. The van der Waals surface area contributed by atoms with E-state index in [0.717, 1.165) is 22.6 Å². The number of thiocarbonyl (C=S) groups is 1. The molecule has 1 heterocycles. The van der Waals surface area contributed by atoms with E-state index in [2.05, 4.69) is 40.9 Å². The maximum absolute atomic E-state index is 5.27. The van der Waals surface area contributed by atoms with Gasteiger partial charge in [0, 0.05) is 24.0 Å². The molecular formula is C16H21N5S. The molecule has 0 aliphatic heterocycles. The van der Waals surface area contributed by atoms with Gasteiger partial charge in [-0.05, 0) is 57.1 Å². The van der Waals surface area contributed by atoms with Gasteiger partial charge in [0.1, 0.15) is 0 Å². The first kappa shape index (κ1) is 16.2. The number of aromatic nitrogens is 2. The lowest BCUT2D eigenvalue weighted by Gasteiger charge is -2.11. The third kappa shape index (κ3) is 3.51. The largest absolute Gasteiger partial charge is 0.331 e. The van der Waals surface area contributed by atoms with Crippen LogP contribution in [0.3, 0.4) is 0 Å². The van der Waals surface area contributed by atoms with Crippen molar-refractivity contribution in [2.75, 3.05) is 5.32 Å². The Hall–Kier alpha value is -2.21. The van der Waals surface area contributed by atoms with E-state index in [-0.39, 0.29) is 0 Å². The average molecular weight is 315 g/mol. The topological polar surface area (TPSA) is 54.2 Å². The summed E-state index contributed by atoms with van der Waals surface area (Å²) in [5.41, 5.74) is 9.24. The van der Waals surface area contributed by atoms with Gasteiger partial charge in [0.15, 0.2) is 5.11 Å². The quantitative estimate of drug-likeness (QED) is 0.519. The number of hydrogen-bond acceptors (Lipinski definition) is 3. The van der Waals surface area contributed by atoms with Gasteiger partial charge in [-0.3, -0.25) is 10.1 Å². The molecule has 1 aromatic heterocycles. The lowest BCUT2D eigenvalue weighted by Crippen LogP contribution is -2.24. The first-order valence-corrected chi connectivity index (χ1v) is 7.47. The SMILES string of the molecule is Cc1cccc(NC(=S)N/N=C\c2c(C)nn(C)c2C)c1C. The number of anilines is 1. The molecule has 1 aromatic carbocycles. The molecule has 0 bridgehead atoms. The fourth-order valence-electron chi connectivity index (χ4n) is 2.17. The van der Waals surface area contributed by atoms with E-state index in [0.29, 0.717) is 5.11 Å². The van der Waals surface area contributed by atoms with Gasteiger partial charge in [-0.15, -0.1) is 0 Å². The van der Waals surface area contributed by atoms with Crippen molar-refractivity contribution in [2.45, 2.75) is 27.7 Å². The summed E-state index contributed by atoms with van der Waals surface area (Å²) in [6, 6.07) is 6.07. The summed E-state index contributed by atoms with van der Waals surface area (Å²) in [4.78, 5) is 0. The van der Waals surface area contributed by atoms with Crippen LogP contribution in [-0.2, 0) is 7.05 Å². The Labute approximate surface area is 136 Å². The molecule has 0 aliphatic rings. The third-order valence-corrected chi connectivity index (χ3v) is 3.97. The summed E-state index contributed by atoms with van der Waals surface area (Å²) in [6.45, 7) is 8.10. The van der Waals surface area contributed by atoms with Crippen molar-refractivity contribution in [3.05, 3.63) is 46.3 Å². The van der Waals surface area contributed by atoms with E-state index in [1.165, 1.54) is 11.1 Å². The normalized spacial score (nSPS) is 11.0. The number of nitrogens with zero attached hydrogens (tertiary/aromatic N) is 3. The van der Waals surface area contributed by atoms with Crippen molar-refractivity contribution in [3.8, 4) is 0 Å². The minimum absolute atomic E-state index is 0.462. The molecule has 2 rings (SSSR count). The number of nitrogens with one attached hydrogen (secondary N) is 2. The molecule has 5 nitrogen and oxygen atoms in total. The van der Waals surface area contributed by atoms with Gasteiger partial charge in [0.05, 0.1) is 11.9 Å². The summed E-state index contributed by atoms with van der Waals surface area (Å²) in [6.07, 6.45) is 1.74. The van der Waals surface area contributed by atoms with E-state index in [1.54, 1.807) is 6.21 Å². The maximum Gasteiger partial charge on any atom is 0.191 e. The van der Waals surface area contributed by atoms with Crippen LogP contribution < -0.4 is 10.7 Å². The van der Waals surface area contributed by atoms with Crippen LogP contribution >= 0.6 is 12.2 Å². The lowest BCUT2D eigenvalue weighted by atomic mass is 10.1. The van der Waals surface area contributed by atoms with Crippen LogP contribution in [-0.4, -0.2) is 21.1 Å². The van der Waals surface area contributed by atoms with E-state index in [4.69, 9.17) is 12.2 Å². The predicted octanol–water partition coefficient (Wildman–Crippen LogP) is 2.97. The molecule has 0 fully saturated rings. The first-order valence-electron chi connectivity index (χ1n) is 7.06. The molecule has 2 aromatic rings.